The van der Waals surface area contributed by atoms with Crippen molar-refractivity contribution < 1.29 is 0 Å². The second kappa shape index (κ2) is 6.62. The molecule has 0 radical (unpaired) electrons. The normalized spacial score (nSPS) is 12.4. The molecular weight excluding hydrogens is 196 g/mol. The first-order valence-electron chi connectivity index (χ1n) is 5.42. The van der Waals surface area contributed by atoms with Crippen LogP contribution in [0.3, 0.4) is 0 Å². The molecule has 16 heavy (non-hydrogen) atoms. The lowest BCUT2D eigenvalue weighted by atomic mass is 10.1. The van der Waals surface area contributed by atoms with E-state index in [0.29, 0.717) is 0 Å². The molecule has 0 saturated carbocycles. The predicted molar refractivity (Wildman–Crippen MR) is 71.4 cm³/mol. The van der Waals surface area contributed by atoms with Crippen molar-refractivity contribution in [3.63, 3.8) is 0 Å². The van der Waals surface area contributed by atoms with Gasteiger partial charge >= 0.3 is 0 Å². The lowest BCUT2D eigenvalue weighted by Gasteiger charge is -2.03. The minimum atomic E-state index is 0.896. The van der Waals surface area contributed by atoms with Crippen LogP contribution in [0.1, 0.15) is 19.4 Å². The van der Waals surface area contributed by atoms with E-state index in [1.54, 1.807) is 0 Å². The van der Waals surface area contributed by atoms with E-state index < -0.39 is 0 Å². The molecule has 1 aromatic carbocycles. The Morgan fingerprint density at radius 3 is 2.62 bits per heavy atom. The van der Waals surface area contributed by atoms with Crippen LogP contribution in [0.4, 0.5) is 0 Å². The van der Waals surface area contributed by atoms with Crippen molar-refractivity contribution in [2.24, 2.45) is 4.99 Å². The summed E-state index contributed by atoms with van der Waals surface area (Å²) in [4.78, 5) is 4.04. The second-order valence-electron chi connectivity index (χ2n) is 3.48. The van der Waals surface area contributed by atoms with Crippen molar-refractivity contribution in [3.05, 3.63) is 53.4 Å². The van der Waals surface area contributed by atoms with E-state index in [0.717, 1.165) is 23.4 Å². The largest absolute Gasteiger partial charge is 0.391 e. The number of hydrogen-bond donors (Lipinski definition) is 1. The summed E-state index contributed by atoms with van der Waals surface area (Å²) >= 11 is 0. The molecule has 1 aromatic rings. The van der Waals surface area contributed by atoms with Crippen molar-refractivity contribution in [1.29, 1.82) is 0 Å². The Morgan fingerprint density at radius 2 is 2.06 bits per heavy atom. The number of allylic oxidation sites excluding steroid dienone is 1. The summed E-state index contributed by atoms with van der Waals surface area (Å²) in [6, 6.07) is 10.1. The highest BCUT2D eigenvalue weighted by atomic mass is 14.8. The van der Waals surface area contributed by atoms with Gasteiger partial charge in [-0.3, -0.25) is 4.99 Å². The van der Waals surface area contributed by atoms with Gasteiger partial charge in [-0.25, -0.2) is 0 Å². The summed E-state index contributed by atoms with van der Waals surface area (Å²) in [6.07, 6.45) is 3.99. The van der Waals surface area contributed by atoms with Crippen LogP contribution in [0, 0.1) is 0 Å². The van der Waals surface area contributed by atoms with E-state index in [9.17, 15) is 0 Å². The molecule has 1 N–H and O–H groups in total. The fourth-order valence-electron chi connectivity index (χ4n) is 1.32. The highest BCUT2D eigenvalue weighted by Gasteiger charge is 1.96. The molecule has 0 aliphatic carbocycles. The van der Waals surface area contributed by atoms with Gasteiger partial charge in [0.15, 0.2) is 0 Å². The van der Waals surface area contributed by atoms with E-state index in [-0.39, 0.29) is 0 Å². The fourth-order valence-corrected chi connectivity index (χ4v) is 1.32. The number of benzene rings is 1. The van der Waals surface area contributed by atoms with Gasteiger partial charge in [0.05, 0.1) is 5.70 Å². The van der Waals surface area contributed by atoms with E-state index in [1.165, 1.54) is 0 Å². The van der Waals surface area contributed by atoms with Crippen LogP contribution < -0.4 is 5.32 Å². The lowest BCUT2D eigenvalue weighted by Crippen LogP contribution is -2.03. The molecule has 0 aliphatic rings. The Labute approximate surface area is 97.4 Å². The van der Waals surface area contributed by atoms with Gasteiger partial charge in [-0.1, -0.05) is 30.3 Å². The summed E-state index contributed by atoms with van der Waals surface area (Å²) in [7, 11) is 0. The van der Waals surface area contributed by atoms with Crippen LogP contribution in [0.2, 0.25) is 0 Å². The topological polar surface area (TPSA) is 24.4 Å². The molecule has 0 aromatic heterocycles. The van der Waals surface area contributed by atoms with Gasteiger partial charge < -0.3 is 5.32 Å². The number of nitrogens with zero attached hydrogens (tertiary/aromatic N) is 1. The number of rotatable bonds is 5. The zero-order valence-electron chi connectivity index (χ0n) is 9.90. The van der Waals surface area contributed by atoms with Crippen LogP contribution in [0.25, 0.3) is 6.08 Å². The molecule has 0 unspecified atom stereocenters. The molecular formula is C14H18N2. The van der Waals surface area contributed by atoms with Crippen molar-refractivity contribution in [1.82, 2.24) is 5.32 Å². The summed E-state index contributed by atoms with van der Waals surface area (Å²) in [5, 5.41) is 3.16. The maximum Gasteiger partial charge on any atom is 0.0671 e. The Balaban J connectivity index is 2.90. The van der Waals surface area contributed by atoms with Crippen LogP contribution in [0.15, 0.2) is 52.8 Å². The molecule has 2 heteroatoms. The highest BCUT2D eigenvalue weighted by Crippen LogP contribution is 2.14. The standard InChI is InChI=1S/C14H18N2/c1-4-16-11-12(2)14(15-3)10-13-8-6-5-7-9-13/h5-11,16H,3-4H2,1-2H3/b12-11+,14-10-. The smallest absolute Gasteiger partial charge is 0.0671 e. The van der Waals surface area contributed by atoms with E-state index >= 15 is 0 Å². The first-order chi connectivity index (χ1) is 7.77. The van der Waals surface area contributed by atoms with Gasteiger partial charge in [0, 0.05) is 12.7 Å². The summed E-state index contributed by atoms with van der Waals surface area (Å²) in [5.41, 5.74) is 3.11. The maximum absolute atomic E-state index is 4.04. The number of nitrogens with one attached hydrogen (secondary N) is 1. The molecule has 0 atom stereocenters. The Hall–Kier alpha value is -1.83. The van der Waals surface area contributed by atoms with E-state index in [4.69, 9.17) is 0 Å². The van der Waals surface area contributed by atoms with Crippen molar-refractivity contribution in [3.8, 4) is 0 Å². The molecule has 2 nitrogen and oxygen atoms in total. The Bertz CT molecular complexity index is 388. The molecule has 0 heterocycles. The third-order valence-corrected chi connectivity index (χ3v) is 2.20. The summed E-state index contributed by atoms with van der Waals surface area (Å²) < 4.78 is 0. The molecule has 0 aliphatic heterocycles. The van der Waals surface area contributed by atoms with Crippen LogP contribution in [-0.4, -0.2) is 13.3 Å². The maximum atomic E-state index is 4.04. The molecule has 0 fully saturated rings. The second-order valence-corrected chi connectivity index (χ2v) is 3.48. The minimum Gasteiger partial charge on any atom is -0.391 e. The highest BCUT2D eigenvalue weighted by molar-refractivity contribution is 5.59. The molecule has 1 rings (SSSR count). The van der Waals surface area contributed by atoms with Gasteiger partial charge in [-0.15, -0.1) is 0 Å². The van der Waals surface area contributed by atoms with Gasteiger partial charge in [-0.2, -0.15) is 0 Å². The lowest BCUT2D eigenvalue weighted by molar-refractivity contribution is 0.908. The fraction of sp³-hybridized carbons (Fsp3) is 0.214. The van der Waals surface area contributed by atoms with Crippen LogP contribution >= 0.6 is 0 Å². The van der Waals surface area contributed by atoms with Gasteiger partial charge in [0.25, 0.3) is 0 Å². The van der Waals surface area contributed by atoms with Crippen molar-refractivity contribution in [2.45, 2.75) is 13.8 Å². The van der Waals surface area contributed by atoms with Crippen molar-refractivity contribution in [2.75, 3.05) is 6.54 Å². The zero-order valence-corrected chi connectivity index (χ0v) is 9.90. The Kier molecular flexibility index (Phi) is 5.06. The zero-order chi connectivity index (χ0) is 11.8. The van der Waals surface area contributed by atoms with Crippen LogP contribution in [0.5, 0.6) is 0 Å². The predicted octanol–water partition coefficient (Wildman–Crippen LogP) is 3.24. The third-order valence-electron chi connectivity index (χ3n) is 2.20. The number of aliphatic imine (C=N–C) groups is 1. The quantitative estimate of drug-likeness (QED) is 0.590. The van der Waals surface area contributed by atoms with E-state index in [2.05, 4.69) is 24.0 Å². The molecule has 0 bridgehead atoms. The minimum absolute atomic E-state index is 0.896. The number of hydrogen-bond acceptors (Lipinski definition) is 2. The Morgan fingerprint density at radius 1 is 1.38 bits per heavy atom. The SMILES string of the molecule is C=NC(=C\c1ccccc1)/C(C)=C/NCC. The molecule has 84 valence electrons. The molecule has 0 amide bonds. The average molecular weight is 214 g/mol. The van der Waals surface area contributed by atoms with Crippen molar-refractivity contribution >= 4 is 12.8 Å². The van der Waals surface area contributed by atoms with Gasteiger partial charge in [0.2, 0.25) is 0 Å². The molecule has 0 saturated heterocycles. The van der Waals surface area contributed by atoms with Gasteiger partial charge in [-0.05, 0) is 37.8 Å². The monoisotopic (exact) mass is 214 g/mol. The van der Waals surface area contributed by atoms with E-state index in [1.807, 2.05) is 49.5 Å². The first-order valence-corrected chi connectivity index (χ1v) is 5.42. The van der Waals surface area contributed by atoms with Crippen LogP contribution in [-0.2, 0) is 0 Å². The van der Waals surface area contributed by atoms with Gasteiger partial charge in [0.1, 0.15) is 0 Å². The molecule has 0 spiro atoms. The average Bonchev–Trinajstić information content (AvgIpc) is 2.34. The first kappa shape index (κ1) is 12.2. The summed E-state index contributed by atoms with van der Waals surface area (Å²) in [6.45, 7) is 8.59. The third kappa shape index (κ3) is 3.73. The summed E-state index contributed by atoms with van der Waals surface area (Å²) in [5.74, 6) is 0.